The molecule has 1 N–H and O–H groups in total. The molecule has 4 nitrogen and oxygen atoms in total. The SMILES string of the molecule is O=C(c1ccccc1Oc1ccccc1)N(C1CC1)C1CCNC1. The first kappa shape index (κ1) is 15.2. The monoisotopic (exact) mass is 322 g/mol. The predicted molar refractivity (Wildman–Crippen MR) is 93.4 cm³/mol. The van der Waals surface area contributed by atoms with Crippen LogP contribution in [0, 0.1) is 0 Å². The average Bonchev–Trinajstić information content (AvgIpc) is 3.30. The molecule has 1 saturated carbocycles. The van der Waals surface area contributed by atoms with Crippen LogP contribution in [-0.2, 0) is 0 Å². The van der Waals surface area contributed by atoms with Crippen LogP contribution in [0.15, 0.2) is 54.6 Å². The molecule has 2 aromatic carbocycles. The molecule has 1 aliphatic carbocycles. The van der Waals surface area contributed by atoms with Crippen LogP contribution in [0.5, 0.6) is 11.5 Å². The van der Waals surface area contributed by atoms with Crippen molar-refractivity contribution in [2.45, 2.75) is 31.3 Å². The summed E-state index contributed by atoms with van der Waals surface area (Å²) in [7, 11) is 0. The number of rotatable bonds is 5. The molecule has 2 aliphatic rings. The van der Waals surface area contributed by atoms with Gasteiger partial charge < -0.3 is 15.0 Å². The molecule has 4 rings (SSSR count). The second kappa shape index (κ2) is 6.65. The second-order valence-corrected chi connectivity index (χ2v) is 6.50. The molecule has 2 fully saturated rings. The van der Waals surface area contributed by atoms with Gasteiger partial charge in [-0.2, -0.15) is 0 Å². The van der Waals surface area contributed by atoms with Gasteiger partial charge >= 0.3 is 0 Å². The van der Waals surface area contributed by atoms with Crippen molar-refractivity contribution < 1.29 is 9.53 Å². The number of hydrogen-bond donors (Lipinski definition) is 1. The van der Waals surface area contributed by atoms with Gasteiger partial charge in [0.05, 0.1) is 5.56 Å². The van der Waals surface area contributed by atoms with E-state index in [1.165, 1.54) is 0 Å². The summed E-state index contributed by atoms with van der Waals surface area (Å²) < 4.78 is 5.98. The lowest BCUT2D eigenvalue weighted by Crippen LogP contribution is -2.43. The highest BCUT2D eigenvalue weighted by molar-refractivity contribution is 5.97. The van der Waals surface area contributed by atoms with E-state index in [1.807, 2.05) is 54.6 Å². The van der Waals surface area contributed by atoms with Crippen molar-refractivity contribution in [3.8, 4) is 11.5 Å². The van der Waals surface area contributed by atoms with E-state index in [4.69, 9.17) is 4.74 Å². The lowest BCUT2D eigenvalue weighted by molar-refractivity contribution is 0.0673. The van der Waals surface area contributed by atoms with Crippen LogP contribution in [-0.4, -0.2) is 36.0 Å². The molecular formula is C20H22N2O2. The van der Waals surface area contributed by atoms with Crippen molar-refractivity contribution in [2.24, 2.45) is 0 Å². The van der Waals surface area contributed by atoms with E-state index >= 15 is 0 Å². The van der Waals surface area contributed by atoms with E-state index in [0.717, 1.165) is 38.1 Å². The Labute approximate surface area is 142 Å². The van der Waals surface area contributed by atoms with Gasteiger partial charge in [-0.3, -0.25) is 4.79 Å². The maximum absolute atomic E-state index is 13.2. The summed E-state index contributed by atoms with van der Waals surface area (Å²) in [6, 6.07) is 17.9. The van der Waals surface area contributed by atoms with E-state index < -0.39 is 0 Å². The lowest BCUT2D eigenvalue weighted by atomic mass is 10.1. The Morgan fingerprint density at radius 3 is 2.42 bits per heavy atom. The molecule has 1 atom stereocenters. The van der Waals surface area contributed by atoms with Gasteiger partial charge in [-0.1, -0.05) is 30.3 Å². The quantitative estimate of drug-likeness (QED) is 0.917. The van der Waals surface area contributed by atoms with Crippen molar-refractivity contribution in [3.05, 3.63) is 60.2 Å². The van der Waals surface area contributed by atoms with Crippen LogP contribution in [0.25, 0.3) is 0 Å². The molecule has 0 aromatic heterocycles. The highest BCUT2D eigenvalue weighted by Gasteiger charge is 2.39. The molecule has 0 spiro atoms. The van der Waals surface area contributed by atoms with Gasteiger partial charge in [0.2, 0.25) is 0 Å². The zero-order valence-corrected chi connectivity index (χ0v) is 13.7. The summed E-state index contributed by atoms with van der Waals surface area (Å²) in [5.41, 5.74) is 0.653. The number of ether oxygens (including phenoxy) is 1. The van der Waals surface area contributed by atoms with Gasteiger partial charge in [0.1, 0.15) is 11.5 Å². The number of amides is 1. The number of nitrogens with one attached hydrogen (secondary N) is 1. The number of carbonyl (C=O) groups excluding carboxylic acids is 1. The number of hydrogen-bond acceptors (Lipinski definition) is 3. The van der Waals surface area contributed by atoms with E-state index in [9.17, 15) is 4.79 Å². The number of nitrogens with zero attached hydrogens (tertiary/aromatic N) is 1. The molecule has 2 aromatic rings. The number of benzene rings is 2. The molecule has 0 bridgehead atoms. The van der Waals surface area contributed by atoms with E-state index in [2.05, 4.69) is 10.2 Å². The number of carbonyl (C=O) groups is 1. The third-order valence-electron chi connectivity index (χ3n) is 4.69. The van der Waals surface area contributed by atoms with Gasteiger partial charge in [-0.15, -0.1) is 0 Å². The third-order valence-corrected chi connectivity index (χ3v) is 4.69. The molecule has 1 heterocycles. The maximum Gasteiger partial charge on any atom is 0.258 e. The molecule has 1 saturated heterocycles. The topological polar surface area (TPSA) is 41.6 Å². The van der Waals surface area contributed by atoms with Crippen molar-refractivity contribution in [3.63, 3.8) is 0 Å². The number of para-hydroxylation sites is 2. The zero-order chi connectivity index (χ0) is 16.4. The summed E-state index contributed by atoms with van der Waals surface area (Å²) in [5.74, 6) is 1.47. The minimum atomic E-state index is 0.0951. The van der Waals surface area contributed by atoms with Gasteiger partial charge in [-0.05, 0) is 50.1 Å². The molecule has 24 heavy (non-hydrogen) atoms. The summed E-state index contributed by atoms with van der Waals surface area (Å²) in [4.78, 5) is 15.3. The van der Waals surface area contributed by atoms with Crippen LogP contribution in [0.4, 0.5) is 0 Å². The second-order valence-electron chi connectivity index (χ2n) is 6.50. The smallest absolute Gasteiger partial charge is 0.258 e. The fraction of sp³-hybridized carbons (Fsp3) is 0.350. The van der Waals surface area contributed by atoms with E-state index in [0.29, 0.717) is 23.4 Å². The Kier molecular flexibility index (Phi) is 4.22. The molecular weight excluding hydrogens is 300 g/mol. The lowest BCUT2D eigenvalue weighted by Gasteiger charge is -2.29. The highest BCUT2D eigenvalue weighted by Crippen LogP contribution is 2.34. The summed E-state index contributed by atoms with van der Waals surface area (Å²) in [6.07, 6.45) is 3.26. The van der Waals surface area contributed by atoms with Crippen LogP contribution >= 0.6 is 0 Å². The molecule has 1 unspecified atom stereocenters. The molecule has 1 amide bonds. The molecule has 4 heteroatoms. The first-order chi connectivity index (χ1) is 11.8. The summed E-state index contributed by atoms with van der Waals surface area (Å²) in [6.45, 7) is 1.88. The van der Waals surface area contributed by atoms with Gasteiger partial charge in [0.25, 0.3) is 5.91 Å². The first-order valence-corrected chi connectivity index (χ1v) is 8.68. The Morgan fingerprint density at radius 1 is 0.958 bits per heavy atom. The van der Waals surface area contributed by atoms with E-state index in [1.54, 1.807) is 0 Å². The standard InChI is InChI=1S/C20H22N2O2/c23-20(22(15-10-11-15)16-12-13-21-14-16)18-8-4-5-9-19(18)24-17-6-2-1-3-7-17/h1-9,15-16,21H,10-14H2. The van der Waals surface area contributed by atoms with E-state index in [-0.39, 0.29) is 5.91 Å². The van der Waals surface area contributed by atoms with Crippen molar-refractivity contribution >= 4 is 5.91 Å². The minimum Gasteiger partial charge on any atom is -0.457 e. The van der Waals surface area contributed by atoms with Crippen molar-refractivity contribution in [1.29, 1.82) is 0 Å². The fourth-order valence-electron chi connectivity index (χ4n) is 3.35. The zero-order valence-electron chi connectivity index (χ0n) is 13.7. The maximum atomic E-state index is 13.2. The average molecular weight is 322 g/mol. The van der Waals surface area contributed by atoms with Gasteiger partial charge in [-0.25, -0.2) is 0 Å². The van der Waals surface area contributed by atoms with Crippen LogP contribution in [0.1, 0.15) is 29.6 Å². The Bertz CT molecular complexity index is 707. The Morgan fingerprint density at radius 2 is 1.71 bits per heavy atom. The Hall–Kier alpha value is -2.33. The minimum absolute atomic E-state index is 0.0951. The molecule has 1 aliphatic heterocycles. The first-order valence-electron chi connectivity index (χ1n) is 8.68. The summed E-state index contributed by atoms with van der Waals surface area (Å²) >= 11 is 0. The van der Waals surface area contributed by atoms with Gasteiger partial charge in [0, 0.05) is 18.6 Å². The van der Waals surface area contributed by atoms with Crippen LogP contribution in [0.3, 0.4) is 0 Å². The molecule has 124 valence electrons. The largest absolute Gasteiger partial charge is 0.457 e. The summed E-state index contributed by atoms with van der Waals surface area (Å²) in [5, 5.41) is 3.37. The Balaban J connectivity index is 1.61. The normalized spacial score (nSPS) is 19.9. The predicted octanol–water partition coefficient (Wildman–Crippen LogP) is 3.45. The van der Waals surface area contributed by atoms with Crippen LogP contribution < -0.4 is 10.1 Å². The molecule has 0 radical (unpaired) electrons. The van der Waals surface area contributed by atoms with Crippen molar-refractivity contribution in [1.82, 2.24) is 10.2 Å². The fourth-order valence-corrected chi connectivity index (χ4v) is 3.35. The van der Waals surface area contributed by atoms with Crippen LogP contribution in [0.2, 0.25) is 0 Å². The highest BCUT2D eigenvalue weighted by atomic mass is 16.5. The van der Waals surface area contributed by atoms with Gasteiger partial charge in [0.15, 0.2) is 0 Å². The van der Waals surface area contributed by atoms with Crippen molar-refractivity contribution in [2.75, 3.05) is 13.1 Å². The third kappa shape index (κ3) is 3.15.